The molecule has 0 aliphatic rings. The first-order chi connectivity index (χ1) is 12.5. The van der Waals surface area contributed by atoms with Gasteiger partial charge in [0.25, 0.3) is 0 Å². The highest BCUT2D eigenvalue weighted by atomic mass is 16.4. The molecule has 0 bridgehead atoms. The van der Waals surface area contributed by atoms with E-state index in [1.54, 1.807) is 0 Å². The number of carboxylic acid groups (broad SMARTS) is 1. The number of carboxylic acids is 1. The summed E-state index contributed by atoms with van der Waals surface area (Å²) >= 11 is 0. The third-order valence-electron chi connectivity index (χ3n) is 5.73. The Labute approximate surface area is 163 Å². The van der Waals surface area contributed by atoms with Crippen LogP contribution < -0.4 is 0 Å². The number of hydrogen-bond acceptors (Lipinski definition) is 1. The second-order valence-corrected chi connectivity index (χ2v) is 8.48. The van der Waals surface area contributed by atoms with E-state index in [0.717, 1.165) is 24.7 Å². The predicted octanol–water partition coefficient (Wildman–Crippen LogP) is 8.16. The summed E-state index contributed by atoms with van der Waals surface area (Å²) < 4.78 is 0. The molecule has 0 aromatic rings. The third-order valence-corrected chi connectivity index (χ3v) is 5.73. The zero-order valence-corrected chi connectivity index (χ0v) is 18.0. The van der Waals surface area contributed by atoms with Crippen LogP contribution in [0, 0.1) is 11.8 Å². The van der Waals surface area contributed by atoms with Gasteiger partial charge in [0.1, 0.15) is 0 Å². The van der Waals surface area contributed by atoms with E-state index in [2.05, 4.69) is 27.4 Å². The number of aliphatic carboxylic acids is 1. The van der Waals surface area contributed by atoms with Crippen molar-refractivity contribution >= 4 is 5.97 Å². The zero-order valence-electron chi connectivity index (χ0n) is 18.0. The Bertz CT molecular complexity index is 346. The van der Waals surface area contributed by atoms with Gasteiger partial charge in [0.05, 0.1) is 0 Å². The van der Waals surface area contributed by atoms with Gasteiger partial charge in [-0.2, -0.15) is 0 Å². The first-order valence-electron chi connectivity index (χ1n) is 11.4. The quantitative estimate of drug-likeness (QED) is 0.185. The SMILES string of the molecule is C=C(CCCCCC(CCCCCCCCCCCC)C(C)C)C(=O)O. The fraction of sp³-hybridized carbons (Fsp3) is 0.875. The molecule has 0 radical (unpaired) electrons. The van der Waals surface area contributed by atoms with Crippen molar-refractivity contribution in [3.63, 3.8) is 0 Å². The first kappa shape index (κ1) is 25.2. The van der Waals surface area contributed by atoms with Gasteiger partial charge in [-0.3, -0.25) is 0 Å². The summed E-state index contributed by atoms with van der Waals surface area (Å²) in [6.07, 6.45) is 20.7. The summed E-state index contributed by atoms with van der Waals surface area (Å²) in [6.45, 7) is 10.6. The minimum atomic E-state index is -0.842. The molecular weight excluding hydrogens is 320 g/mol. The second-order valence-electron chi connectivity index (χ2n) is 8.48. The Morgan fingerprint density at radius 1 is 0.769 bits per heavy atom. The molecule has 0 rings (SSSR count). The van der Waals surface area contributed by atoms with Crippen molar-refractivity contribution in [1.29, 1.82) is 0 Å². The molecular formula is C24H46O2. The molecule has 0 saturated heterocycles. The van der Waals surface area contributed by atoms with Crippen molar-refractivity contribution < 1.29 is 9.90 Å². The van der Waals surface area contributed by atoms with Crippen LogP contribution in [0.5, 0.6) is 0 Å². The molecule has 1 N–H and O–H groups in total. The van der Waals surface area contributed by atoms with Gasteiger partial charge in [0.2, 0.25) is 0 Å². The molecule has 0 fully saturated rings. The molecule has 0 amide bonds. The molecule has 1 atom stereocenters. The average molecular weight is 367 g/mol. The highest BCUT2D eigenvalue weighted by Crippen LogP contribution is 2.25. The van der Waals surface area contributed by atoms with Gasteiger partial charge in [-0.05, 0) is 24.7 Å². The van der Waals surface area contributed by atoms with Gasteiger partial charge in [-0.25, -0.2) is 4.79 Å². The lowest BCUT2D eigenvalue weighted by Crippen LogP contribution is -2.09. The van der Waals surface area contributed by atoms with Crippen LogP contribution in [0.4, 0.5) is 0 Å². The Morgan fingerprint density at radius 3 is 1.62 bits per heavy atom. The van der Waals surface area contributed by atoms with Crippen LogP contribution in [0.3, 0.4) is 0 Å². The van der Waals surface area contributed by atoms with E-state index in [1.807, 2.05) is 0 Å². The Balaban J connectivity index is 3.59. The van der Waals surface area contributed by atoms with E-state index in [-0.39, 0.29) is 0 Å². The molecule has 0 aliphatic carbocycles. The molecule has 2 heteroatoms. The lowest BCUT2D eigenvalue weighted by Gasteiger charge is -2.20. The molecule has 0 aromatic heterocycles. The molecule has 2 nitrogen and oxygen atoms in total. The van der Waals surface area contributed by atoms with Crippen molar-refractivity contribution in [1.82, 2.24) is 0 Å². The fourth-order valence-corrected chi connectivity index (χ4v) is 3.73. The topological polar surface area (TPSA) is 37.3 Å². The third kappa shape index (κ3) is 15.5. The monoisotopic (exact) mass is 366 g/mol. The van der Waals surface area contributed by atoms with Gasteiger partial charge >= 0.3 is 5.97 Å². The van der Waals surface area contributed by atoms with Crippen LogP contribution in [-0.4, -0.2) is 11.1 Å². The standard InChI is InChI=1S/C24H46O2/c1-5-6-7-8-9-10-11-12-13-16-19-23(21(2)3)20-17-14-15-18-22(4)24(25)26/h21,23H,4-20H2,1-3H3,(H,25,26). The van der Waals surface area contributed by atoms with E-state index < -0.39 is 5.97 Å². The van der Waals surface area contributed by atoms with Crippen molar-refractivity contribution in [2.75, 3.05) is 0 Å². The zero-order chi connectivity index (χ0) is 19.6. The average Bonchev–Trinajstić information content (AvgIpc) is 2.60. The molecule has 0 heterocycles. The fourth-order valence-electron chi connectivity index (χ4n) is 3.73. The highest BCUT2D eigenvalue weighted by molar-refractivity contribution is 5.85. The maximum atomic E-state index is 10.7. The molecule has 1 unspecified atom stereocenters. The van der Waals surface area contributed by atoms with Crippen LogP contribution in [0.15, 0.2) is 12.2 Å². The summed E-state index contributed by atoms with van der Waals surface area (Å²) in [5.74, 6) is 0.764. The molecule has 26 heavy (non-hydrogen) atoms. The van der Waals surface area contributed by atoms with E-state index in [0.29, 0.717) is 12.0 Å². The van der Waals surface area contributed by atoms with Crippen LogP contribution in [0.1, 0.15) is 124 Å². The minimum absolute atomic E-state index is 0.357. The minimum Gasteiger partial charge on any atom is -0.478 e. The van der Waals surface area contributed by atoms with E-state index in [9.17, 15) is 4.79 Å². The van der Waals surface area contributed by atoms with Gasteiger partial charge in [-0.1, -0.05) is 117 Å². The highest BCUT2D eigenvalue weighted by Gasteiger charge is 2.12. The summed E-state index contributed by atoms with van der Waals surface area (Å²) in [7, 11) is 0. The molecule has 0 spiro atoms. The molecule has 0 aliphatic heterocycles. The predicted molar refractivity (Wildman–Crippen MR) is 115 cm³/mol. The van der Waals surface area contributed by atoms with Crippen molar-refractivity contribution in [3.05, 3.63) is 12.2 Å². The lowest BCUT2D eigenvalue weighted by molar-refractivity contribution is -0.132. The Hall–Kier alpha value is -0.790. The molecule has 0 saturated carbocycles. The number of rotatable bonds is 19. The molecule has 154 valence electrons. The maximum absolute atomic E-state index is 10.7. The van der Waals surface area contributed by atoms with Crippen LogP contribution in [-0.2, 0) is 4.79 Å². The summed E-state index contributed by atoms with van der Waals surface area (Å²) in [5, 5.41) is 8.82. The first-order valence-corrected chi connectivity index (χ1v) is 11.4. The van der Waals surface area contributed by atoms with Crippen LogP contribution in [0.25, 0.3) is 0 Å². The lowest BCUT2D eigenvalue weighted by atomic mass is 9.85. The van der Waals surface area contributed by atoms with Gasteiger partial charge in [-0.15, -0.1) is 0 Å². The van der Waals surface area contributed by atoms with Crippen molar-refractivity contribution in [2.45, 2.75) is 124 Å². The van der Waals surface area contributed by atoms with Crippen LogP contribution >= 0.6 is 0 Å². The van der Waals surface area contributed by atoms with E-state index in [4.69, 9.17) is 5.11 Å². The molecule has 0 aromatic carbocycles. The van der Waals surface area contributed by atoms with Gasteiger partial charge in [0, 0.05) is 5.57 Å². The van der Waals surface area contributed by atoms with E-state index >= 15 is 0 Å². The normalized spacial score (nSPS) is 12.5. The smallest absolute Gasteiger partial charge is 0.330 e. The number of hydrogen-bond donors (Lipinski definition) is 1. The second kappa shape index (κ2) is 17.6. The summed E-state index contributed by atoms with van der Waals surface area (Å²) in [4.78, 5) is 10.7. The number of unbranched alkanes of at least 4 members (excludes halogenated alkanes) is 11. The van der Waals surface area contributed by atoms with Gasteiger partial charge < -0.3 is 5.11 Å². The summed E-state index contributed by atoms with van der Waals surface area (Å²) in [5.41, 5.74) is 0.357. The van der Waals surface area contributed by atoms with E-state index in [1.165, 1.54) is 83.5 Å². The van der Waals surface area contributed by atoms with Crippen molar-refractivity contribution in [2.24, 2.45) is 11.8 Å². The van der Waals surface area contributed by atoms with Crippen LogP contribution in [0.2, 0.25) is 0 Å². The summed E-state index contributed by atoms with van der Waals surface area (Å²) in [6, 6.07) is 0. The van der Waals surface area contributed by atoms with Gasteiger partial charge in [0.15, 0.2) is 0 Å². The Morgan fingerprint density at radius 2 is 1.19 bits per heavy atom. The maximum Gasteiger partial charge on any atom is 0.330 e. The largest absolute Gasteiger partial charge is 0.478 e. The number of carbonyl (C=O) groups is 1. The van der Waals surface area contributed by atoms with Crippen molar-refractivity contribution in [3.8, 4) is 0 Å². The Kier molecular flexibility index (Phi) is 17.1.